The van der Waals surface area contributed by atoms with Crippen molar-refractivity contribution in [3.63, 3.8) is 0 Å². The zero-order valence-electron chi connectivity index (χ0n) is 18.9. The first kappa shape index (κ1) is 22.5. The summed E-state index contributed by atoms with van der Waals surface area (Å²) >= 11 is 0. The molecule has 2 heterocycles. The molecule has 1 aliphatic heterocycles. The summed E-state index contributed by atoms with van der Waals surface area (Å²) in [5, 5.41) is 3.11. The van der Waals surface area contributed by atoms with Crippen LogP contribution in [-0.4, -0.2) is 28.9 Å². The van der Waals surface area contributed by atoms with Gasteiger partial charge in [0.1, 0.15) is 0 Å². The number of amides is 1. The van der Waals surface area contributed by atoms with E-state index in [4.69, 9.17) is 4.74 Å². The zero-order valence-corrected chi connectivity index (χ0v) is 18.9. The number of pyridine rings is 1. The molecule has 0 aliphatic carbocycles. The van der Waals surface area contributed by atoms with Gasteiger partial charge in [-0.3, -0.25) is 14.4 Å². The van der Waals surface area contributed by atoms with Crippen LogP contribution in [0.15, 0.2) is 71.7 Å². The number of ether oxygens (including phenoxy) is 1. The Balaban J connectivity index is 1.80. The Hall–Kier alpha value is -3.67. The number of benzene rings is 2. The number of nitrogens with one attached hydrogen (secondary N) is 1. The summed E-state index contributed by atoms with van der Waals surface area (Å²) in [6, 6.07) is 19.8. The number of carbonyl (C=O) groups is 2. The molecule has 2 aromatic carbocycles. The standard InChI is InChI=1S/C27H28N2O4/c1-3-4-15-33-26-24-27(32)28-22(17-29(24)16-21(18(2)30)25(26)31)23(19-11-7-5-8-12-19)20-13-9-6-10-14-20/h5-14,16,22-23H,3-4,15,17H2,1-2H3,(H,28,32)/t22-/m0/s1. The van der Waals surface area contributed by atoms with E-state index in [1.54, 1.807) is 4.57 Å². The molecule has 4 rings (SSSR count). The van der Waals surface area contributed by atoms with Crippen molar-refractivity contribution < 1.29 is 14.3 Å². The highest BCUT2D eigenvalue weighted by Gasteiger charge is 2.35. The highest BCUT2D eigenvalue weighted by molar-refractivity contribution is 5.99. The summed E-state index contributed by atoms with van der Waals surface area (Å²) in [6.07, 6.45) is 3.14. The fourth-order valence-corrected chi connectivity index (χ4v) is 4.38. The van der Waals surface area contributed by atoms with E-state index >= 15 is 0 Å². The molecule has 0 bridgehead atoms. The lowest BCUT2D eigenvalue weighted by molar-refractivity contribution is 0.0883. The van der Waals surface area contributed by atoms with Crippen LogP contribution in [0.4, 0.5) is 0 Å². The summed E-state index contributed by atoms with van der Waals surface area (Å²) in [6.45, 7) is 4.09. The maximum absolute atomic E-state index is 13.3. The third-order valence-electron chi connectivity index (χ3n) is 6.01. The Morgan fingerprint density at radius 1 is 1.06 bits per heavy atom. The summed E-state index contributed by atoms with van der Waals surface area (Å²) in [7, 11) is 0. The molecule has 3 aromatic rings. The van der Waals surface area contributed by atoms with Crippen LogP contribution in [0, 0.1) is 0 Å². The minimum absolute atomic E-state index is 0.0367. The van der Waals surface area contributed by atoms with Gasteiger partial charge in [0.2, 0.25) is 5.43 Å². The van der Waals surface area contributed by atoms with Crippen molar-refractivity contribution in [1.29, 1.82) is 0 Å². The van der Waals surface area contributed by atoms with Gasteiger partial charge in [-0.2, -0.15) is 0 Å². The maximum atomic E-state index is 13.3. The van der Waals surface area contributed by atoms with E-state index in [9.17, 15) is 14.4 Å². The lowest BCUT2D eigenvalue weighted by Gasteiger charge is -2.35. The second-order valence-corrected chi connectivity index (χ2v) is 8.34. The number of aromatic nitrogens is 1. The van der Waals surface area contributed by atoms with Crippen molar-refractivity contribution in [3.8, 4) is 5.75 Å². The lowest BCUT2D eigenvalue weighted by Crippen LogP contribution is -2.49. The zero-order chi connectivity index (χ0) is 23.4. The van der Waals surface area contributed by atoms with Gasteiger partial charge >= 0.3 is 0 Å². The molecule has 0 saturated carbocycles. The Labute approximate surface area is 193 Å². The lowest BCUT2D eigenvalue weighted by atomic mass is 9.84. The second kappa shape index (κ2) is 9.86. The normalized spacial score (nSPS) is 15.1. The van der Waals surface area contributed by atoms with Gasteiger partial charge < -0.3 is 14.6 Å². The van der Waals surface area contributed by atoms with E-state index < -0.39 is 5.43 Å². The number of unbranched alkanes of at least 4 members (excludes halogenated alkanes) is 1. The van der Waals surface area contributed by atoms with Crippen LogP contribution in [0.1, 0.15) is 64.6 Å². The monoisotopic (exact) mass is 444 g/mol. The number of hydrogen-bond acceptors (Lipinski definition) is 4. The predicted molar refractivity (Wildman–Crippen MR) is 127 cm³/mol. The van der Waals surface area contributed by atoms with Crippen LogP contribution in [0.2, 0.25) is 0 Å². The van der Waals surface area contributed by atoms with Gasteiger partial charge in [-0.25, -0.2) is 0 Å². The predicted octanol–water partition coefficient (Wildman–Crippen LogP) is 4.17. The summed E-state index contributed by atoms with van der Waals surface area (Å²) in [4.78, 5) is 38.5. The van der Waals surface area contributed by atoms with E-state index in [-0.39, 0.29) is 40.7 Å². The van der Waals surface area contributed by atoms with Crippen LogP contribution in [0.5, 0.6) is 5.75 Å². The first-order chi connectivity index (χ1) is 16.0. The van der Waals surface area contributed by atoms with Crippen molar-refractivity contribution in [3.05, 3.63) is 99.5 Å². The average molecular weight is 445 g/mol. The van der Waals surface area contributed by atoms with Crippen LogP contribution in [-0.2, 0) is 6.54 Å². The van der Waals surface area contributed by atoms with E-state index in [1.807, 2.05) is 67.6 Å². The minimum atomic E-state index is -0.527. The van der Waals surface area contributed by atoms with Gasteiger partial charge in [0, 0.05) is 18.7 Å². The van der Waals surface area contributed by atoms with E-state index in [2.05, 4.69) is 5.32 Å². The van der Waals surface area contributed by atoms with E-state index in [0.29, 0.717) is 13.2 Å². The molecular formula is C27H28N2O4. The van der Waals surface area contributed by atoms with Crippen LogP contribution >= 0.6 is 0 Å². The van der Waals surface area contributed by atoms with Crippen molar-refractivity contribution in [2.45, 2.75) is 45.2 Å². The number of ketones is 1. The molecule has 1 amide bonds. The topological polar surface area (TPSA) is 77.4 Å². The fraction of sp³-hybridized carbons (Fsp3) is 0.296. The summed E-state index contributed by atoms with van der Waals surface area (Å²) < 4.78 is 7.47. The smallest absolute Gasteiger partial charge is 0.272 e. The number of nitrogens with zero attached hydrogens (tertiary/aromatic N) is 1. The number of Topliss-reactive ketones (excluding diaryl/α,β-unsaturated/α-hetero) is 1. The van der Waals surface area contributed by atoms with Gasteiger partial charge in [0.25, 0.3) is 5.91 Å². The van der Waals surface area contributed by atoms with Gasteiger partial charge in [-0.05, 0) is 24.5 Å². The molecule has 0 unspecified atom stereocenters. The summed E-state index contributed by atoms with van der Waals surface area (Å²) in [5.41, 5.74) is 1.84. The maximum Gasteiger partial charge on any atom is 0.272 e. The minimum Gasteiger partial charge on any atom is -0.487 e. The molecule has 170 valence electrons. The van der Waals surface area contributed by atoms with Crippen molar-refractivity contribution >= 4 is 11.7 Å². The highest BCUT2D eigenvalue weighted by Crippen LogP contribution is 2.32. The molecule has 0 radical (unpaired) electrons. The number of carbonyl (C=O) groups excluding carboxylic acids is 2. The Morgan fingerprint density at radius 3 is 2.21 bits per heavy atom. The molecule has 0 saturated heterocycles. The van der Waals surface area contributed by atoms with Gasteiger partial charge in [-0.1, -0.05) is 74.0 Å². The highest BCUT2D eigenvalue weighted by atomic mass is 16.5. The Kier molecular flexibility index (Phi) is 6.73. The molecule has 6 nitrogen and oxygen atoms in total. The molecule has 0 spiro atoms. The number of hydrogen-bond donors (Lipinski definition) is 1. The van der Waals surface area contributed by atoms with Crippen LogP contribution < -0.4 is 15.5 Å². The molecule has 0 fully saturated rings. The first-order valence-electron chi connectivity index (χ1n) is 11.3. The Bertz CT molecular complexity index is 1160. The second-order valence-electron chi connectivity index (χ2n) is 8.34. The van der Waals surface area contributed by atoms with Crippen LogP contribution in [0.25, 0.3) is 0 Å². The van der Waals surface area contributed by atoms with Crippen molar-refractivity contribution in [2.75, 3.05) is 6.61 Å². The number of rotatable bonds is 8. The van der Waals surface area contributed by atoms with E-state index in [0.717, 1.165) is 24.0 Å². The largest absolute Gasteiger partial charge is 0.487 e. The van der Waals surface area contributed by atoms with E-state index in [1.165, 1.54) is 13.1 Å². The average Bonchev–Trinajstić information content (AvgIpc) is 2.82. The summed E-state index contributed by atoms with van der Waals surface area (Å²) in [5.74, 6) is -0.861. The Morgan fingerprint density at radius 2 is 1.67 bits per heavy atom. The first-order valence-corrected chi connectivity index (χ1v) is 11.3. The SMILES string of the molecule is CCCCOc1c2n(cc(C(C)=O)c1=O)C[C@@H](C(c1ccccc1)c1ccccc1)NC2=O. The molecular weight excluding hydrogens is 416 g/mol. The van der Waals surface area contributed by atoms with Gasteiger partial charge in [-0.15, -0.1) is 0 Å². The van der Waals surface area contributed by atoms with Gasteiger partial charge in [0.05, 0.1) is 18.2 Å². The third-order valence-corrected chi connectivity index (χ3v) is 6.01. The number of fused-ring (bicyclic) bond motifs is 1. The quantitative estimate of drug-likeness (QED) is 0.418. The third kappa shape index (κ3) is 4.60. The van der Waals surface area contributed by atoms with Crippen molar-refractivity contribution in [2.24, 2.45) is 0 Å². The fourth-order valence-electron chi connectivity index (χ4n) is 4.38. The molecule has 33 heavy (non-hydrogen) atoms. The molecule has 1 aromatic heterocycles. The molecule has 1 aliphatic rings. The molecule has 6 heteroatoms. The molecule has 1 atom stereocenters. The van der Waals surface area contributed by atoms with Crippen molar-refractivity contribution in [1.82, 2.24) is 9.88 Å². The van der Waals surface area contributed by atoms with Crippen LogP contribution in [0.3, 0.4) is 0 Å². The molecule has 1 N–H and O–H groups in total. The van der Waals surface area contributed by atoms with Gasteiger partial charge in [0.15, 0.2) is 17.2 Å².